The molecule has 21 heavy (non-hydrogen) atoms. The molecule has 0 aliphatic heterocycles. The van der Waals surface area contributed by atoms with Crippen LogP contribution >= 0.6 is 0 Å². The SMILES string of the molecule is CCOc1ccc(S(=O)(=O)Nc2ccncc2)cc1CN. The highest BCUT2D eigenvalue weighted by Crippen LogP contribution is 2.23. The Morgan fingerprint density at radius 2 is 1.95 bits per heavy atom. The van der Waals surface area contributed by atoms with Gasteiger partial charge in [-0.2, -0.15) is 0 Å². The molecular formula is C14H17N3O3S. The van der Waals surface area contributed by atoms with Crippen molar-refractivity contribution in [3.63, 3.8) is 0 Å². The van der Waals surface area contributed by atoms with E-state index < -0.39 is 10.0 Å². The number of ether oxygens (including phenoxy) is 1. The highest BCUT2D eigenvalue weighted by atomic mass is 32.2. The van der Waals surface area contributed by atoms with E-state index in [2.05, 4.69) is 9.71 Å². The molecule has 1 aromatic carbocycles. The highest BCUT2D eigenvalue weighted by Gasteiger charge is 2.16. The lowest BCUT2D eigenvalue weighted by molar-refractivity contribution is 0.336. The van der Waals surface area contributed by atoms with Crippen LogP contribution in [0.25, 0.3) is 0 Å². The summed E-state index contributed by atoms with van der Waals surface area (Å²) < 4.78 is 32.5. The minimum atomic E-state index is -3.67. The van der Waals surface area contributed by atoms with Gasteiger partial charge >= 0.3 is 0 Å². The van der Waals surface area contributed by atoms with Crippen molar-refractivity contribution < 1.29 is 13.2 Å². The quantitative estimate of drug-likeness (QED) is 0.847. The molecule has 0 radical (unpaired) electrons. The Labute approximate surface area is 124 Å². The van der Waals surface area contributed by atoms with Crippen molar-refractivity contribution in [2.75, 3.05) is 11.3 Å². The van der Waals surface area contributed by atoms with Crippen molar-refractivity contribution >= 4 is 15.7 Å². The van der Waals surface area contributed by atoms with E-state index in [0.717, 1.165) is 0 Å². The van der Waals surface area contributed by atoms with Crippen LogP contribution in [0.2, 0.25) is 0 Å². The summed E-state index contributed by atoms with van der Waals surface area (Å²) in [4.78, 5) is 3.98. The van der Waals surface area contributed by atoms with Gasteiger partial charge in [-0.25, -0.2) is 8.42 Å². The summed E-state index contributed by atoms with van der Waals surface area (Å²) in [5, 5.41) is 0. The third kappa shape index (κ3) is 3.71. The lowest BCUT2D eigenvalue weighted by atomic mass is 10.2. The first-order valence-corrected chi connectivity index (χ1v) is 7.93. The van der Waals surface area contributed by atoms with Crippen LogP contribution in [-0.2, 0) is 16.6 Å². The zero-order valence-electron chi connectivity index (χ0n) is 11.6. The molecule has 2 rings (SSSR count). The number of rotatable bonds is 6. The van der Waals surface area contributed by atoms with E-state index in [1.165, 1.54) is 24.5 Å². The molecule has 0 aliphatic carbocycles. The van der Waals surface area contributed by atoms with Gasteiger partial charge in [-0.1, -0.05) is 0 Å². The van der Waals surface area contributed by atoms with Crippen LogP contribution in [0.1, 0.15) is 12.5 Å². The molecule has 2 aromatic rings. The molecule has 6 nitrogen and oxygen atoms in total. The second-order valence-corrected chi connectivity index (χ2v) is 5.93. The van der Waals surface area contributed by atoms with Crippen molar-refractivity contribution in [3.05, 3.63) is 48.3 Å². The van der Waals surface area contributed by atoms with Gasteiger partial charge in [0.25, 0.3) is 10.0 Å². The molecule has 1 aromatic heterocycles. The molecule has 7 heteroatoms. The Kier molecular flexibility index (Phi) is 4.77. The molecular weight excluding hydrogens is 290 g/mol. The molecule has 0 aliphatic rings. The normalized spacial score (nSPS) is 11.1. The lowest BCUT2D eigenvalue weighted by Gasteiger charge is -2.12. The van der Waals surface area contributed by atoms with Crippen LogP contribution < -0.4 is 15.2 Å². The van der Waals surface area contributed by atoms with E-state index in [-0.39, 0.29) is 11.4 Å². The van der Waals surface area contributed by atoms with Crippen molar-refractivity contribution in [3.8, 4) is 5.75 Å². The van der Waals surface area contributed by atoms with Gasteiger partial charge in [0.15, 0.2) is 0 Å². The third-order valence-electron chi connectivity index (χ3n) is 2.79. The summed E-state index contributed by atoms with van der Waals surface area (Å²) in [5.74, 6) is 0.600. The first kappa shape index (κ1) is 15.3. The van der Waals surface area contributed by atoms with E-state index >= 15 is 0 Å². The van der Waals surface area contributed by atoms with Crippen LogP contribution in [0.3, 0.4) is 0 Å². The fourth-order valence-electron chi connectivity index (χ4n) is 1.81. The number of pyridine rings is 1. The molecule has 0 atom stereocenters. The van der Waals surface area contributed by atoms with E-state index in [0.29, 0.717) is 23.6 Å². The molecule has 0 saturated carbocycles. The lowest BCUT2D eigenvalue weighted by Crippen LogP contribution is -2.14. The van der Waals surface area contributed by atoms with Gasteiger partial charge in [0, 0.05) is 24.5 Å². The van der Waals surface area contributed by atoms with Gasteiger partial charge in [0.05, 0.1) is 17.2 Å². The topological polar surface area (TPSA) is 94.3 Å². The molecule has 0 fully saturated rings. The Morgan fingerprint density at radius 3 is 2.57 bits per heavy atom. The van der Waals surface area contributed by atoms with Crippen molar-refractivity contribution in [1.29, 1.82) is 0 Å². The van der Waals surface area contributed by atoms with Crippen molar-refractivity contribution in [2.24, 2.45) is 5.73 Å². The van der Waals surface area contributed by atoms with Crippen LogP contribution in [0.15, 0.2) is 47.6 Å². The van der Waals surface area contributed by atoms with Gasteiger partial charge in [-0.05, 0) is 37.3 Å². The van der Waals surface area contributed by atoms with E-state index in [9.17, 15) is 8.42 Å². The molecule has 0 bridgehead atoms. The predicted molar refractivity (Wildman–Crippen MR) is 80.5 cm³/mol. The first-order valence-electron chi connectivity index (χ1n) is 6.45. The fraction of sp³-hybridized carbons (Fsp3) is 0.214. The Hall–Kier alpha value is -2.12. The largest absolute Gasteiger partial charge is 0.494 e. The zero-order chi connectivity index (χ0) is 15.3. The van der Waals surface area contributed by atoms with Crippen LogP contribution in [-0.4, -0.2) is 20.0 Å². The van der Waals surface area contributed by atoms with E-state index in [4.69, 9.17) is 10.5 Å². The van der Waals surface area contributed by atoms with Gasteiger partial charge in [0.2, 0.25) is 0 Å². The Bertz CT molecular complexity index is 703. The molecule has 0 amide bonds. The second-order valence-electron chi connectivity index (χ2n) is 4.25. The van der Waals surface area contributed by atoms with Gasteiger partial charge in [-0.3, -0.25) is 9.71 Å². The molecule has 0 spiro atoms. The monoisotopic (exact) mass is 307 g/mol. The number of hydrogen-bond acceptors (Lipinski definition) is 5. The van der Waals surface area contributed by atoms with Crippen molar-refractivity contribution in [1.82, 2.24) is 4.98 Å². The molecule has 0 unspecified atom stereocenters. The number of nitrogens with two attached hydrogens (primary N) is 1. The van der Waals surface area contributed by atoms with Crippen LogP contribution in [0, 0.1) is 0 Å². The summed E-state index contributed by atoms with van der Waals surface area (Å²) in [5.41, 5.74) is 6.74. The number of nitrogens with one attached hydrogen (secondary N) is 1. The predicted octanol–water partition coefficient (Wildman–Crippen LogP) is 1.74. The zero-order valence-corrected chi connectivity index (χ0v) is 12.4. The second kappa shape index (κ2) is 6.55. The maximum absolute atomic E-state index is 12.3. The summed E-state index contributed by atoms with van der Waals surface area (Å²) >= 11 is 0. The number of aromatic nitrogens is 1. The number of hydrogen-bond donors (Lipinski definition) is 2. The Balaban J connectivity index is 2.32. The maximum atomic E-state index is 12.3. The smallest absolute Gasteiger partial charge is 0.261 e. The van der Waals surface area contributed by atoms with Crippen LogP contribution in [0.4, 0.5) is 5.69 Å². The standard InChI is InChI=1S/C14H17N3O3S/c1-2-20-14-4-3-13(9-11(14)10-15)21(18,19)17-12-5-7-16-8-6-12/h3-9H,2,10,15H2,1H3,(H,16,17). The summed E-state index contributed by atoms with van der Waals surface area (Å²) in [6.07, 6.45) is 3.03. The third-order valence-corrected chi connectivity index (χ3v) is 4.17. The summed E-state index contributed by atoms with van der Waals surface area (Å²) in [6.45, 7) is 2.55. The van der Waals surface area contributed by atoms with E-state index in [1.54, 1.807) is 18.2 Å². The molecule has 112 valence electrons. The molecule has 0 saturated heterocycles. The molecule has 1 heterocycles. The highest BCUT2D eigenvalue weighted by molar-refractivity contribution is 7.92. The Morgan fingerprint density at radius 1 is 1.24 bits per heavy atom. The van der Waals surface area contributed by atoms with Gasteiger partial charge in [-0.15, -0.1) is 0 Å². The maximum Gasteiger partial charge on any atom is 0.261 e. The van der Waals surface area contributed by atoms with Gasteiger partial charge in [0.1, 0.15) is 5.75 Å². The number of benzene rings is 1. The van der Waals surface area contributed by atoms with E-state index in [1.807, 2.05) is 6.92 Å². The minimum absolute atomic E-state index is 0.142. The first-order chi connectivity index (χ1) is 10.1. The van der Waals surface area contributed by atoms with Gasteiger partial charge < -0.3 is 10.5 Å². The van der Waals surface area contributed by atoms with Crippen molar-refractivity contribution in [2.45, 2.75) is 18.4 Å². The minimum Gasteiger partial charge on any atom is -0.494 e. The summed E-state index contributed by atoms with van der Waals surface area (Å²) in [6, 6.07) is 7.79. The summed E-state index contributed by atoms with van der Waals surface area (Å²) in [7, 11) is -3.67. The average molecular weight is 307 g/mol. The number of sulfonamides is 1. The average Bonchev–Trinajstić information content (AvgIpc) is 2.48. The fourth-order valence-corrected chi connectivity index (χ4v) is 2.92. The molecule has 3 N–H and O–H groups in total. The van der Waals surface area contributed by atoms with Crippen LogP contribution in [0.5, 0.6) is 5.75 Å². The number of anilines is 1. The number of nitrogens with zero attached hydrogens (tertiary/aromatic N) is 1.